The normalized spacial score (nSPS) is 20.8. The molecule has 6 saturated heterocycles. The molecule has 0 bridgehead atoms. The number of hydrogen-bond acceptors (Lipinski definition) is 16. The summed E-state index contributed by atoms with van der Waals surface area (Å²) in [5, 5.41) is 11.1. The first kappa shape index (κ1) is 84.6. The van der Waals surface area contributed by atoms with Gasteiger partial charge in [0.2, 0.25) is 23.6 Å². The van der Waals surface area contributed by atoms with Gasteiger partial charge in [-0.2, -0.15) is 0 Å². The molecule has 2 aliphatic carbocycles. The Labute approximate surface area is 705 Å². The number of carbonyl (C=O) groups excluding carboxylic acids is 8. The predicted octanol–water partition coefficient (Wildman–Crippen LogP) is 15.3. The van der Waals surface area contributed by atoms with Crippen LogP contribution in [0.25, 0.3) is 89.5 Å². The quantitative estimate of drug-likeness (QED) is 0.0260. The lowest BCUT2D eigenvalue weighted by atomic mass is 9.78. The zero-order valence-electron chi connectivity index (χ0n) is 72.0. The standard InChI is InChI=1S/C46H60N8O6Si2.C42H56N8O6Si2/c1-27(2)39(51-45(57)59-5)43(55)53-25-61(15-7-8-16-61)23-37(53)41-47-21-35(49-41)29-11-13-31-33(19-29)32-14-12-30(20-34(31)32)36-22-48-42(50-36)38-24-62(17-9-10-18-62)26-54(38)44(56)40(28(3)4)52-46(58)60-6;1-23(2)35(47-41(53)55-5)39(51)49-21-57(7,8)19-33(49)37-43-17-31(45-37)25-11-13-27-29(15-25)28-14-12-26(16-30(27)28)32-18-44-38(46-32)34-20-58(9,10)22-50(34)40(52)36(24(3)4)48-42(54)56-6/h11-14,19-22,27-28,37-40H,7-10,15-18,23-26H2,1-6H3,(H,47,49)(H,48,50)(H,51,57)(H,52,58);11-18,23-24,33-36H,19-22H2,1-10H3,(H,43,45)(H,44,46)(H,47,53)(H,48,54)/t37-,38-,39-,40-;33-,34-,35-,36-/m00/s1. The molecule has 10 heterocycles. The van der Waals surface area contributed by atoms with Crippen LogP contribution in [0.2, 0.25) is 74.5 Å². The van der Waals surface area contributed by atoms with Crippen molar-refractivity contribution in [3.8, 4) is 89.5 Å². The zero-order chi connectivity index (χ0) is 85.3. The topological polar surface area (TPSA) is 349 Å². The summed E-state index contributed by atoms with van der Waals surface area (Å²) >= 11 is 0. The number of fused-ring (bicyclic) bond motifs is 8. The first-order valence-corrected chi connectivity index (χ1v) is 55.1. The average Bonchev–Trinajstić information content (AvgIpc) is 1.06. The van der Waals surface area contributed by atoms with Crippen molar-refractivity contribution >= 4 is 80.3 Å². The maximum absolute atomic E-state index is 14.2. The lowest BCUT2D eigenvalue weighted by Gasteiger charge is -2.30. The lowest BCUT2D eigenvalue weighted by molar-refractivity contribution is -0.135. The molecule has 8 aromatic rings. The highest BCUT2D eigenvalue weighted by atomic mass is 28.3. The first-order chi connectivity index (χ1) is 57.2. The Morgan fingerprint density at radius 3 is 0.792 bits per heavy atom. The van der Waals surface area contributed by atoms with E-state index in [2.05, 4.69) is 140 Å². The third-order valence-electron chi connectivity index (χ3n) is 26.6. The van der Waals surface area contributed by atoms with Crippen molar-refractivity contribution in [2.45, 2.75) is 204 Å². The molecule has 28 nitrogen and oxygen atoms in total. The Kier molecular flexibility index (Phi) is 23.6. The van der Waals surface area contributed by atoms with E-state index in [1.165, 1.54) is 101 Å². The van der Waals surface area contributed by atoms with Gasteiger partial charge in [-0.1, -0.05) is 180 Å². The highest BCUT2D eigenvalue weighted by molar-refractivity contribution is 6.82. The average molecular weight is 1700 g/mol. The number of aromatic amines is 4. The number of carbonyl (C=O) groups is 8. The molecule has 8 N–H and O–H groups in total. The number of ether oxygens (including phenoxy) is 4. The van der Waals surface area contributed by atoms with E-state index in [4.69, 9.17) is 38.9 Å². The third-order valence-corrected chi connectivity index (χ3v) is 42.2. The molecule has 120 heavy (non-hydrogen) atoms. The van der Waals surface area contributed by atoms with Crippen LogP contribution in [-0.2, 0) is 38.1 Å². The fourth-order valence-electron chi connectivity index (χ4n) is 20.2. The van der Waals surface area contributed by atoms with E-state index in [-0.39, 0.29) is 71.5 Å². The van der Waals surface area contributed by atoms with Crippen molar-refractivity contribution in [1.29, 1.82) is 0 Å². The number of imidazole rings is 4. The van der Waals surface area contributed by atoms with E-state index in [1.54, 1.807) is 0 Å². The summed E-state index contributed by atoms with van der Waals surface area (Å²) in [6.45, 7) is 24.6. The summed E-state index contributed by atoms with van der Waals surface area (Å²) in [7, 11) is -1.63. The van der Waals surface area contributed by atoms with Crippen molar-refractivity contribution in [2.24, 2.45) is 23.7 Å². The zero-order valence-corrected chi connectivity index (χ0v) is 76.0. The van der Waals surface area contributed by atoms with Gasteiger partial charge in [0.15, 0.2) is 0 Å². The van der Waals surface area contributed by atoms with Gasteiger partial charge < -0.3 is 79.8 Å². The molecule has 32 heteroatoms. The molecular weight excluding hydrogens is 1590 g/mol. The van der Waals surface area contributed by atoms with Crippen molar-refractivity contribution in [3.05, 3.63) is 121 Å². The smallest absolute Gasteiger partial charge is 0.407 e. The van der Waals surface area contributed by atoms with E-state index >= 15 is 0 Å². The number of nitrogens with one attached hydrogen (secondary N) is 8. The van der Waals surface area contributed by atoms with Crippen LogP contribution in [0.4, 0.5) is 19.2 Å². The van der Waals surface area contributed by atoms with Crippen molar-refractivity contribution in [1.82, 2.24) is 80.7 Å². The fourth-order valence-corrected chi connectivity index (χ4v) is 36.9. The predicted molar refractivity (Wildman–Crippen MR) is 470 cm³/mol. The second-order valence-electron chi connectivity index (χ2n) is 37.7. The minimum absolute atomic E-state index is 0.0625. The lowest BCUT2D eigenvalue weighted by Crippen LogP contribution is -2.52. The third kappa shape index (κ3) is 16.6. The largest absolute Gasteiger partial charge is 0.453 e. The van der Waals surface area contributed by atoms with E-state index in [0.29, 0.717) is 12.3 Å². The SMILES string of the molecule is COC(=O)N[C@H](C(=O)N1C[Si](C)(C)C[C@H]1c1ncc(-c2ccc3c(c2)-c2ccc(-c4cnc([C@@H]5C[Si](C)(C)CN5C(=O)[C@@H](NC(=O)OC)C(C)C)[nH]4)cc2-3)[nH]1)C(C)C.COC(=O)N[C@H](C(=O)N1C[Si]2(CCCC2)C[C@H]1c1ncc(-c2ccc3c(c2)-c2ccc(-c4cnc([C@@H]5C[Si]6(CCCC6)CN5C(=O)[C@@H](NC(=O)OC)C(C)C)[nH]4)cc2-3)[nH]1)C(C)C. The molecule has 0 unspecified atom stereocenters. The van der Waals surface area contributed by atoms with Gasteiger partial charge in [-0.3, -0.25) is 19.2 Å². The van der Waals surface area contributed by atoms with Gasteiger partial charge in [0, 0.05) is 46.9 Å². The Bertz CT molecular complexity index is 4920. The molecule has 8 aliphatic rings. The summed E-state index contributed by atoms with van der Waals surface area (Å²) in [6.07, 6.45) is 12.9. The van der Waals surface area contributed by atoms with Crippen LogP contribution in [0.3, 0.4) is 0 Å². The number of rotatable bonds is 20. The van der Waals surface area contributed by atoms with E-state index in [0.717, 1.165) is 127 Å². The van der Waals surface area contributed by atoms with Crippen LogP contribution < -0.4 is 21.3 Å². The summed E-state index contributed by atoms with van der Waals surface area (Å²) < 4.78 is 19.4. The number of benzene rings is 4. The number of nitrogens with zero attached hydrogens (tertiary/aromatic N) is 8. The van der Waals surface area contributed by atoms with E-state index in [1.807, 2.05) is 99.8 Å². The molecule has 8 amide bonds. The van der Waals surface area contributed by atoms with Crippen LogP contribution >= 0.6 is 0 Å². The summed E-state index contributed by atoms with van der Waals surface area (Å²) in [5.74, 6) is 2.35. The number of amides is 8. The molecule has 6 fully saturated rings. The summed E-state index contributed by atoms with van der Waals surface area (Å²) in [6, 6.07) is 31.1. The monoisotopic (exact) mass is 1700 g/mol. The number of alkyl carbamates (subject to hydrolysis) is 4. The van der Waals surface area contributed by atoms with Gasteiger partial charge in [0.05, 0.1) is 132 Å². The minimum Gasteiger partial charge on any atom is -0.453 e. The molecule has 0 radical (unpaired) electrons. The van der Waals surface area contributed by atoms with E-state index in [9.17, 15) is 38.4 Å². The molecule has 636 valence electrons. The molecule has 0 saturated carbocycles. The van der Waals surface area contributed by atoms with E-state index < -0.39 is 80.8 Å². The highest BCUT2D eigenvalue weighted by Crippen LogP contribution is 2.54. The van der Waals surface area contributed by atoms with Crippen molar-refractivity contribution in [2.75, 3.05) is 53.1 Å². The molecule has 16 rings (SSSR count). The summed E-state index contributed by atoms with van der Waals surface area (Å²) in [5.41, 5.74) is 17.1. The fraction of sp³-hybridized carbons (Fsp3) is 0.500. The van der Waals surface area contributed by atoms with Gasteiger partial charge >= 0.3 is 24.4 Å². The second-order valence-corrected chi connectivity index (χ2v) is 57.2. The van der Waals surface area contributed by atoms with Gasteiger partial charge in [0.1, 0.15) is 47.5 Å². The number of hydrogen-bond donors (Lipinski definition) is 8. The van der Waals surface area contributed by atoms with Crippen LogP contribution in [0.15, 0.2) is 97.6 Å². The molecular formula is C88H116N16O12Si4. The number of methoxy groups -OCH3 is 4. The van der Waals surface area contributed by atoms with Gasteiger partial charge in [0.25, 0.3) is 0 Å². The minimum atomic E-state index is -1.76. The van der Waals surface area contributed by atoms with Crippen LogP contribution in [0.5, 0.6) is 0 Å². The van der Waals surface area contributed by atoms with Crippen LogP contribution in [0.1, 0.15) is 129 Å². The van der Waals surface area contributed by atoms with Crippen LogP contribution in [0, 0.1) is 23.7 Å². The Morgan fingerprint density at radius 2 is 0.567 bits per heavy atom. The Hall–Kier alpha value is -10.5. The van der Waals surface area contributed by atoms with Crippen LogP contribution in [-0.4, -0.2) is 217 Å². The summed E-state index contributed by atoms with van der Waals surface area (Å²) in [4.78, 5) is 147. The molecule has 2 spiro atoms. The molecule has 8 atom stereocenters. The van der Waals surface area contributed by atoms with Crippen molar-refractivity contribution in [3.63, 3.8) is 0 Å². The molecule has 4 aromatic heterocycles. The molecule has 6 aliphatic heterocycles. The Morgan fingerprint density at radius 1 is 0.342 bits per heavy atom. The number of aromatic nitrogens is 8. The maximum Gasteiger partial charge on any atom is 0.407 e. The first-order valence-electron chi connectivity index (χ1n) is 42.6. The van der Waals surface area contributed by atoms with Gasteiger partial charge in [-0.15, -0.1) is 0 Å². The second kappa shape index (κ2) is 33.5. The Balaban J connectivity index is 0.000000188. The highest BCUT2D eigenvalue weighted by Gasteiger charge is 2.55. The maximum atomic E-state index is 14.2. The van der Waals surface area contributed by atoms with Gasteiger partial charge in [-0.05, 0) is 117 Å². The molecule has 4 aromatic carbocycles. The number of H-pyrrole nitrogens is 4. The van der Waals surface area contributed by atoms with Crippen molar-refractivity contribution < 1.29 is 57.3 Å². The van der Waals surface area contributed by atoms with Gasteiger partial charge in [-0.25, -0.2) is 39.1 Å².